The highest BCUT2D eigenvalue weighted by atomic mass is 16.2. The molecule has 6 nitrogen and oxygen atoms in total. The zero-order chi connectivity index (χ0) is 16.8. The Labute approximate surface area is 137 Å². The van der Waals surface area contributed by atoms with Gasteiger partial charge in [0.1, 0.15) is 0 Å². The van der Waals surface area contributed by atoms with Gasteiger partial charge >= 0.3 is 6.03 Å². The van der Waals surface area contributed by atoms with Crippen LogP contribution in [0.1, 0.15) is 12.0 Å². The van der Waals surface area contributed by atoms with E-state index in [9.17, 15) is 9.59 Å². The quantitative estimate of drug-likeness (QED) is 0.858. The minimum atomic E-state index is -0.258. The fraction of sp³-hybridized carbons (Fsp3) is 0.529. The zero-order valence-corrected chi connectivity index (χ0v) is 14.1. The molecule has 2 N–H and O–H groups in total. The number of nitrogens with zero attached hydrogens (tertiary/aromatic N) is 2. The van der Waals surface area contributed by atoms with Gasteiger partial charge in [-0.05, 0) is 37.0 Å². The van der Waals surface area contributed by atoms with Crippen LogP contribution in [0.3, 0.4) is 0 Å². The molecule has 6 heteroatoms. The zero-order valence-electron chi connectivity index (χ0n) is 14.1. The number of nitrogens with one attached hydrogen (secondary N) is 2. The van der Waals surface area contributed by atoms with Crippen molar-refractivity contribution in [3.8, 4) is 0 Å². The van der Waals surface area contributed by atoms with E-state index in [1.54, 1.807) is 14.1 Å². The third kappa shape index (κ3) is 5.16. The van der Waals surface area contributed by atoms with Crippen LogP contribution in [0.5, 0.6) is 0 Å². The number of benzene rings is 1. The van der Waals surface area contributed by atoms with Crippen LogP contribution in [-0.4, -0.2) is 57.1 Å². The summed E-state index contributed by atoms with van der Waals surface area (Å²) in [5.74, 6) is 0.304. The molecule has 3 amide bonds. The maximum Gasteiger partial charge on any atom is 0.317 e. The molecule has 0 unspecified atom stereocenters. The minimum absolute atomic E-state index is 0.0192. The van der Waals surface area contributed by atoms with Crippen molar-refractivity contribution in [3.63, 3.8) is 0 Å². The predicted molar refractivity (Wildman–Crippen MR) is 91.6 cm³/mol. The van der Waals surface area contributed by atoms with E-state index >= 15 is 0 Å². The Hall–Kier alpha value is -2.24. The highest BCUT2D eigenvalue weighted by molar-refractivity contribution is 5.83. The molecule has 0 spiro atoms. The molecule has 1 saturated heterocycles. The number of carbonyl (C=O) groups excluding carboxylic acids is 2. The molecule has 1 aliphatic rings. The van der Waals surface area contributed by atoms with Gasteiger partial charge in [-0.3, -0.25) is 4.79 Å². The first-order valence-corrected chi connectivity index (χ1v) is 7.99. The van der Waals surface area contributed by atoms with Gasteiger partial charge < -0.3 is 20.4 Å². The Morgan fingerprint density at radius 1 is 1.30 bits per heavy atom. The van der Waals surface area contributed by atoms with Crippen molar-refractivity contribution in [2.24, 2.45) is 5.92 Å². The smallest absolute Gasteiger partial charge is 0.317 e. The molecule has 1 aliphatic heterocycles. The first kappa shape index (κ1) is 17.1. The van der Waals surface area contributed by atoms with Crippen LogP contribution in [0.2, 0.25) is 0 Å². The van der Waals surface area contributed by atoms with Crippen molar-refractivity contribution >= 4 is 17.6 Å². The van der Waals surface area contributed by atoms with Crippen LogP contribution in [0.25, 0.3) is 0 Å². The number of hydrogen-bond acceptors (Lipinski definition) is 3. The number of anilines is 1. The second-order valence-electron chi connectivity index (χ2n) is 6.30. The van der Waals surface area contributed by atoms with Gasteiger partial charge in [0, 0.05) is 39.4 Å². The molecular weight excluding hydrogens is 292 g/mol. The van der Waals surface area contributed by atoms with Gasteiger partial charge in [0.2, 0.25) is 5.91 Å². The minimum Gasteiger partial charge on any atom is -0.371 e. The van der Waals surface area contributed by atoms with Crippen LogP contribution in [0.4, 0.5) is 10.5 Å². The van der Waals surface area contributed by atoms with Crippen LogP contribution in [0, 0.1) is 12.8 Å². The third-order valence-electron chi connectivity index (χ3n) is 4.05. The Balaban J connectivity index is 1.71. The first-order chi connectivity index (χ1) is 11.0. The van der Waals surface area contributed by atoms with Gasteiger partial charge in [0.05, 0.1) is 6.54 Å². The second-order valence-corrected chi connectivity index (χ2v) is 6.30. The number of rotatable bonds is 5. The molecule has 1 aromatic carbocycles. The van der Waals surface area contributed by atoms with Gasteiger partial charge in [-0.15, -0.1) is 0 Å². The summed E-state index contributed by atoms with van der Waals surface area (Å²) in [5, 5.41) is 5.47. The number of aryl methyl sites for hydroxylation is 1. The summed E-state index contributed by atoms with van der Waals surface area (Å²) >= 11 is 0. The van der Waals surface area contributed by atoms with E-state index in [0.717, 1.165) is 19.5 Å². The van der Waals surface area contributed by atoms with Crippen molar-refractivity contribution in [2.75, 3.05) is 45.2 Å². The van der Waals surface area contributed by atoms with Crippen LogP contribution < -0.4 is 15.5 Å². The average Bonchev–Trinajstić information content (AvgIpc) is 2.99. The topological polar surface area (TPSA) is 64.7 Å². The Morgan fingerprint density at radius 2 is 2.09 bits per heavy atom. The summed E-state index contributed by atoms with van der Waals surface area (Å²) in [5.41, 5.74) is 2.51. The van der Waals surface area contributed by atoms with Crippen LogP contribution in [0.15, 0.2) is 24.3 Å². The summed E-state index contributed by atoms with van der Waals surface area (Å²) in [7, 11) is 3.29. The normalized spacial score (nSPS) is 17.0. The first-order valence-electron chi connectivity index (χ1n) is 7.99. The standard InChI is InChI=1S/C17H26N4O2/c1-13-5-4-6-15(9-13)21-8-7-14(12-21)10-18-16(22)11-19-17(23)20(2)3/h4-6,9,14H,7-8,10-12H2,1-3H3,(H,18,22)(H,19,23)/t14-/m0/s1. The Kier molecular flexibility index (Phi) is 5.84. The van der Waals surface area contributed by atoms with E-state index in [1.165, 1.54) is 16.2 Å². The second kappa shape index (κ2) is 7.85. The molecule has 23 heavy (non-hydrogen) atoms. The summed E-state index contributed by atoms with van der Waals surface area (Å²) in [6.45, 7) is 4.73. The van der Waals surface area contributed by atoms with Crippen molar-refractivity contribution in [1.29, 1.82) is 0 Å². The molecule has 1 atom stereocenters. The molecule has 1 aromatic rings. The van der Waals surface area contributed by atoms with Crippen molar-refractivity contribution in [1.82, 2.24) is 15.5 Å². The van der Waals surface area contributed by atoms with E-state index in [0.29, 0.717) is 12.5 Å². The van der Waals surface area contributed by atoms with Crippen LogP contribution >= 0.6 is 0 Å². The van der Waals surface area contributed by atoms with Gasteiger partial charge in [0.25, 0.3) is 0 Å². The molecule has 0 radical (unpaired) electrons. The molecule has 1 fully saturated rings. The predicted octanol–water partition coefficient (Wildman–Crippen LogP) is 1.21. The molecular formula is C17H26N4O2. The molecule has 0 aliphatic carbocycles. The average molecular weight is 318 g/mol. The van der Waals surface area contributed by atoms with E-state index in [4.69, 9.17) is 0 Å². The number of carbonyl (C=O) groups is 2. The number of urea groups is 1. The van der Waals surface area contributed by atoms with E-state index < -0.39 is 0 Å². The molecule has 1 heterocycles. The lowest BCUT2D eigenvalue weighted by Gasteiger charge is -2.19. The Morgan fingerprint density at radius 3 is 2.78 bits per heavy atom. The lowest BCUT2D eigenvalue weighted by atomic mass is 10.1. The molecule has 0 bridgehead atoms. The van der Waals surface area contributed by atoms with E-state index in [-0.39, 0.29) is 18.5 Å². The Bertz CT molecular complexity index is 559. The fourth-order valence-electron chi connectivity index (χ4n) is 2.69. The molecule has 0 saturated carbocycles. The van der Waals surface area contributed by atoms with Gasteiger partial charge in [-0.2, -0.15) is 0 Å². The third-order valence-corrected chi connectivity index (χ3v) is 4.05. The lowest BCUT2D eigenvalue weighted by Crippen LogP contribution is -2.42. The van der Waals surface area contributed by atoms with Crippen molar-refractivity contribution < 1.29 is 9.59 Å². The summed E-state index contributed by atoms with van der Waals surface area (Å²) in [6.07, 6.45) is 1.07. The maximum atomic E-state index is 11.8. The van der Waals surface area contributed by atoms with E-state index in [2.05, 4.69) is 46.7 Å². The highest BCUT2D eigenvalue weighted by Gasteiger charge is 2.23. The molecule has 126 valence electrons. The van der Waals surface area contributed by atoms with Crippen molar-refractivity contribution in [2.45, 2.75) is 13.3 Å². The van der Waals surface area contributed by atoms with E-state index in [1.807, 2.05) is 0 Å². The van der Waals surface area contributed by atoms with Gasteiger partial charge in [-0.25, -0.2) is 4.79 Å². The largest absolute Gasteiger partial charge is 0.371 e. The fourth-order valence-corrected chi connectivity index (χ4v) is 2.69. The summed E-state index contributed by atoms with van der Waals surface area (Å²) in [6, 6.07) is 8.24. The van der Waals surface area contributed by atoms with Crippen LogP contribution in [-0.2, 0) is 4.79 Å². The SMILES string of the molecule is Cc1cccc(N2CC[C@@H](CNC(=O)CNC(=O)N(C)C)C2)c1. The monoisotopic (exact) mass is 318 g/mol. The number of amides is 3. The van der Waals surface area contributed by atoms with Crippen molar-refractivity contribution in [3.05, 3.63) is 29.8 Å². The lowest BCUT2D eigenvalue weighted by molar-refractivity contribution is -0.120. The number of hydrogen-bond donors (Lipinski definition) is 2. The highest BCUT2D eigenvalue weighted by Crippen LogP contribution is 2.24. The summed E-state index contributed by atoms with van der Waals surface area (Å²) in [4.78, 5) is 26.9. The summed E-state index contributed by atoms with van der Waals surface area (Å²) < 4.78 is 0. The van der Waals surface area contributed by atoms with Gasteiger partial charge in [0.15, 0.2) is 0 Å². The maximum absolute atomic E-state index is 11.8. The molecule has 2 rings (SSSR count). The molecule has 0 aromatic heterocycles. The van der Waals surface area contributed by atoms with Gasteiger partial charge in [-0.1, -0.05) is 12.1 Å².